The Morgan fingerprint density at radius 2 is 1.80 bits per heavy atom. The fourth-order valence-corrected chi connectivity index (χ4v) is 1.69. The lowest BCUT2D eigenvalue weighted by Gasteiger charge is -2.07. The van der Waals surface area contributed by atoms with Crippen LogP contribution in [0, 0.1) is 0 Å². The summed E-state index contributed by atoms with van der Waals surface area (Å²) in [6.45, 7) is 0. The summed E-state index contributed by atoms with van der Waals surface area (Å²) in [5.74, 6) is -0.897. The monoisotopic (exact) mass is 202 g/mol. The van der Waals surface area contributed by atoms with E-state index in [2.05, 4.69) is 5.73 Å². The Morgan fingerprint density at radius 3 is 2.53 bits per heavy atom. The summed E-state index contributed by atoms with van der Waals surface area (Å²) < 4.78 is 0. The summed E-state index contributed by atoms with van der Waals surface area (Å²) in [5.41, 5.74) is 4.42. The second kappa shape index (κ2) is 3.71. The third-order valence-electron chi connectivity index (χ3n) is 2.50. The Kier molecular flexibility index (Phi) is 2.39. The van der Waals surface area contributed by atoms with Crippen molar-refractivity contribution in [2.75, 3.05) is 0 Å². The van der Waals surface area contributed by atoms with Crippen LogP contribution in [-0.4, -0.2) is 11.1 Å². The largest absolute Gasteiger partial charge is 0.477 e. The second-order valence-corrected chi connectivity index (χ2v) is 3.46. The van der Waals surface area contributed by atoms with Crippen molar-refractivity contribution in [2.24, 2.45) is 0 Å². The Balaban J connectivity index is 2.65. The lowest BCUT2D eigenvalue weighted by atomic mass is 9.99. The van der Waals surface area contributed by atoms with Gasteiger partial charge in [0.05, 0.1) is 0 Å². The van der Waals surface area contributed by atoms with E-state index in [9.17, 15) is 4.79 Å². The van der Waals surface area contributed by atoms with E-state index in [-0.39, 0.29) is 0 Å². The second-order valence-electron chi connectivity index (χ2n) is 3.46. The number of hydrogen-bond acceptors (Lipinski definition) is 1. The molecule has 1 atom stereocenters. The summed E-state index contributed by atoms with van der Waals surface area (Å²) in [6, 6.07) is 12.7. The number of carboxylic acids is 1. The Bertz CT molecular complexity index is 502. The van der Waals surface area contributed by atoms with Crippen molar-refractivity contribution in [2.45, 2.75) is 6.04 Å². The van der Waals surface area contributed by atoms with Gasteiger partial charge >= 0.3 is 5.97 Å². The number of carbonyl (C=O) groups is 1. The van der Waals surface area contributed by atoms with Crippen molar-refractivity contribution in [3.8, 4) is 0 Å². The first-order chi connectivity index (χ1) is 7.20. The number of aliphatic carboxylic acids is 1. The van der Waals surface area contributed by atoms with Crippen LogP contribution in [0.1, 0.15) is 11.6 Å². The molecule has 0 saturated heterocycles. The lowest BCUT2D eigenvalue weighted by molar-refractivity contribution is -0.413. The van der Waals surface area contributed by atoms with Crippen LogP contribution in [0.15, 0.2) is 42.5 Å². The van der Waals surface area contributed by atoms with E-state index in [0.29, 0.717) is 0 Å². The lowest BCUT2D eigenvalue weighted by Crippen LogP contribution is -2.57. The number of hydrogen-bond donors (Lipinski definition) is 2. The van der Waals surface area contributed by atoms with Crippen LogP contribution in [-0.2, 0) is 4.79 Å². The van der Waals surface area contributed by atoms with Gasteiger partial charge < -0.3 is 10.8 Å². The van der Waals surface area contributed by atoms with Gasteiger partial charge in [0.15, 0.2) is 0 Å². The van der Waals surface area contributed by atoms with Crippen molar-refractivity contribution < 1.29 is 15.6 Å². The summed E-state index contributed by atoms with van der Waals surface area (Å²) in [7, 11) is 0. The van der Waals surface area contributed by atoms with Crippen molar-refractivity contribution >= 4 is 16.7 Å². The number of benzene rings is 2. The molecule has 15 heavy (non-hydrogen) atoms. The molecule has 0 spiro atoms. The minimum atomic E-state index is -0.897. The number of carboxylic acid groups (broad SMARTS) is 1. The minimum absolute atomic E-state index is 0.712. The molecule has 0 saturated carbocycles. The van der Waals surface area contributed by atoms with Gasteiger partial charge in [-0.1, -0.05) is 42.5 Å². The number of quaternary nitrogens is 1. The van der Waals surface area contributed by atoms with Crippen LogP contribution in [0.5, 0.6) is 0 Å². The molecular formula is C12H12NO2+. The fraction of sp³-hybridized carbons (Fsp3) is 0.0833. The van der Waals surface area contributed by atoms with Crippen molar-refractivity contribution in [1.82, 2.24) is 0 Å². The predicted molar refractivity (Wildman–Crippen MR) is 57.2 cm³/mol. The molecule has 3 heteroatoms. The van der Waals surface area contributed by atoms with Gasteiger partial charge in [-0.05, 0) is 10.8 Å². The molecule has 0 aliphatic carbocycles. The van der Waals surface area contributed by atoms with E-state index in [4.69, 9.17) is 5.11 Å². The maximum absolute atomic E-state index is 10.9. The number of rotatable bonds is 2. The van der Waals surface area contributed by atoms with Gasteiger partial charge in [0.2, 0.25) is 6.04 Å². The molecule has 0 aliphatic heterocycles. The number of fused-ring (bicyclic) bond motifs is 1. The van der Waals surface area contributed by atoms with Crippen molar-refractivity contribution in [3.63, 3.8) is 0 Å². The first kappa shape index (κ1) is 9.68. The van der Waals surface area contributed by atoms with Crippen LogP contribution in [0.4, 0.5) is 0 Å². The molecule has 0 unspecified atom stereocenters. The zero-order chi connectivity index (χ0) is 10.8. The fourth-order valence-electron chi connectivity index (χ4n) is 1.69. The molecule has 0 aliphatic rings. The van der Waals surface area contributed by atoms with Crippen molar-refractivity contribution in [3.05, 3.63) is 48.0 Å². The first-order valence-corrected chi connectivity index (χ1v) is 4.73. The van der Waals surface area contributed by atoms with Gasteiger partial charge in [-0.15, -0.1) is 0 Å². The van der Waals surface area contributed by atoms with Gasteiger partial charge in [-0.2, -0.15) is 0 Å². The van der Waals surface area contributed by atoms with E-state index in [1.54, 1.807) is 0 Å². The first-order valence-electron chi connectivity index (χ1n) is 4.73. The van der Waals surface area contributed by atoms with Crippen molar-refractivity contribution in [1.29, 1.82) is 0 Å². The maximum Gasteiger partial charge on any atom is 0.367 e. The predicted octanol–water partition coefficient (Wildman–Crippen LogP) is 1.21. The molecule has 76 valence electrons. The van der Waals surface area contributed by atoms with Gasteiger partial charge in [0.1, 0.15) is 0 Å². The average molecular weight is 202 g/mol. The smallest absolute Gasteiger partial charge is 0.367 e. The van der Waals surface area contributed by atoms with Gasteiger partial charge in [-0.3, -0.25) is 0 Å². The zero-order valence-electron chi connectivity index (χ0n) is 8.18. The molecule has 2 rings (SSSR count). The third kappa shape index (κ3) is 1.69. The summed E-state index contributed by atoms with van der Waals surface area (Å²) in [6.07, 6.45) is 0. The Labute approximate surface area is 87.1 Å². The molecule has 0 amide bonds. The molecular weight excluding hydrogens is 190 g/mol. The quantitative estimate of drug-likeness (QED) is 0.768. The average Bonchev–Trinajstić information content (AvgIpc) is 2.27. The van der Waals surface area contributed by atoms with Crippen LogP contribution >= 0.6 is 0 Å². The summed E-state index contributed by atoms with van der Waals surface area (Å²) >= 11 is 0. The maximum atomic E-state index is 10.9. The molecule has 2 aromatic carbocycles. The highest BCUT2D eigenvalue weighted by Gasteiger charge is 2.19. The molecule has 0 fully saturated rings. The standard InChI is InChI=1S/C12H11NO2/c13-11(12(14)15)10-7-3-5-8-4-1-2-6-9(8)10/h1-7,11H,13H2,(H,14,15)/p+1/t11-/m0/s1. The van der Waals surface area contributed by atoms with E-state index < -0.39 is 12.0 Å². The molecule has 3 nitrogen and oxygen atoms in total. The normalized spacial score (nSPS) is 12.6. The topological polar surface area (TPSA) is 64.9 Å². The van der Waals surface area contributed by atoms with Crippen LogP contribution < -0.4 is 5.73 Å². The van der Waals surface area contributed by atoms with Gasteiger partial charge in [0.25, 0.3) is 0 Å². The van der Waals surface area contributed by atoms with E-state index in [0.717, 1.165) is 16.3 Å². The third-order valence-corrected chi connectivity index (χ3v) is 2.50. The molecule has 2 aromatic rings. The zero-order valence-corrected chi connectivity index (χ0v) is 8.18. The van der Waals surface area contributed by atoms with Crippen LogP contribution in [0.3, 0.4) is 0 Å². The summed E-state index contributed by atoms with van der Waals surface area (Å²) in [5, 5.41) is 10.9. The SMILES string of the molecule is [NH3+][C@H](C(=O)O)c1cccc2ccccc12. The summed E-state index contributed by atoms with van der Waals surface area (Å²) in [4.78, 5) is 10.9. The highest BCUT2D eigenvalue weighted by Crippen LogP contribution is 2.22. The Hall–Kier alpha value is -1.87. The minimum Gasteiger partial charge on any atom is -0.477 e. The van der Waals surface area contributed by atoms with Gasteiger partial charge in [0, 0.05) is 5.56 Å². The van der Waals surface area contributed by atoms with E-state index in [1.807, 2.05) is 42.5 Å². The highest BCUT2D eigenvalue weighted by atomic mass is 16.4. The van der Waals surface area contributed by atoms with Crippen LogP contribution in [0.25, 0.3) is 10.8 Å². The Morgan fingerprint density at radius 1 is 1.13 bits per heavy atom. The highest BCUT2D eigenvalue weighted by molar-refractivity contribution is 5.89. The van der Waals surface area contributed by atoms with Crippen LogP contribution in [0.2, 0.25) is 0 Å². The van der Waals surface area contributed by atoms with Gasteiger partial charge in [-0.25, -0.2) is 4.79 Å². The molecule has 0 heterocycles. The molecule has 0 bridgehead atoms. The van der Waals surface area contributed by atoms with E-state index >= 15 is 0 Å². The molecule has 0 aromatic heterocycles. The molecule has 4 N–H and O–H groups in total. The molecule has 0 radical (unpaired) electrons. The van der Waals surface area contributed by atoms with E-state index in [1.165, 1.54) is 0 Å².